The highest BCUT2D eigenvalue weighted by molar-refractivity contribution is 6.33. The fourth-order valence-electron chi connectivity index (χ4n) is 1.39. The maximum Gasteiger partial charge on any atom is 0.295 e. The van der Waals surface area contributed by atoms with Crippen LogP contribution in [0.15, 0.2) is 6.33 Å². The minimum absolute atomic E-state index is 0.00423. The predicted molar refractivity (Wildman–Crippen MR) is 65.4 cm³/mol. The molecule has 96 valence electrons. The predicted octanol–water partition coefficient (Wildman–Crippen LogP) is -0.0411. The molecular formula is C8H6ClN9O. The number of nitrogens with zero attached hydrogens (tertiary/aromatic N) is 5. The molecule has 10 nitrogen and oxygen atoms in total. The van der Waals surface area contributed by atoms with E-state index in [1.54, 1.807) is 0 Å². The van der Waals surface area contributed by atoms with Crippen molar-refractivity contribution in [3.8, 4) is 0 Å². The Kier molecular flexibility index (Phi) is 2.49. The molecule has 3 rings (SSSR count). The maximum atomic E-state index is 11.8. The summed E-state index contributed by atoms with van der Waals surface area (Å²) in [5.41, 5.74) is 6.12. The van der Waals surface area contributed by atoms with Gasteiger partial charge in [-0.05, 0) is 0 Å². The topological polar surface area (TPSA) is 151 Å². The first kappa shape index (κ1) is 11.3. The van der Waals surface area contributed by atoms with Crippen molar-refractivity contribution in [2.75, 3.05) is 11.1 Å². The van der Waals surface area contributed by atoms with E-state index < -0.39 is 5.91 Å². The van der Waals surface area contributed by atoms with Gasteiger partial charge in [-0.25, -0.2) is 4.98 Å². The largest absolute Gasteiger partial charge is 0.366 e. The van der Waals surface area contributed by atoms with Crippen molar-refractivity contribution in [1.29, 1.82) is 0 Å². The lowest BCUT2D eigenvalue weighted by Gasteiger charge is -2.01. The lowest BCUT2D eigenvalue weighted by Crippen LogP contribution is -2.16. The lowest BCUT2D eigenvalue weighted by atomic mass is 10.5. The third-order valence-corrected chi connectivity index (χ3v) is 2.46. The van der Waals surface area contributed by atoms with E-state index in [0.29, 0.717) is 11.2 Å². The number of H-pyrrole nitrogens is 2. The van der Waals surface area contributed by atoms with E-state index in [0.717, 1.165) is 0 Å². The first-order valence-electron chi connectivity index (χ1n) is 4.99. The number of hydrogen-bond donors (Lipinski definition) is 4. The second kappa shape index (κ2) is 4.17. The second-order valence-electron chi connectivity index (χ2n) is 3.44. The number of nitrogens with one attached hydrogen (secondary N) is 3. The van der Waals surface area contributed by atoms with Crippen molar-refractivity contribution < 1.29 is 4.79 Å². The molecule has 1 amide bonds. The Hall–Kier alpha value is -2.75. The molecule has 0 saturated carbocycles. The SMILES string of the molecule is Nc1n[nH]c(C(=O)Nc2nc(Cl)c3[nH]cnc3n2)n1. The average molecular weight is 280 g/mol. The molecule has 5 N–H and O–H groups in total. The van der Waals surface area contributed by atoms with E-state index in [9.17, 15) is 4.79 Å². The van der Waals surface area contributed by atoms with Gasteiger partial charge in [0.25, 0.3) is 5.91 Å². The monoisotopic (exact) mass is 279 g/mol. The fraction of sp³-hybridized carbons (Fsp3) is 0. The number of rotatable bonds is 2. The number of carbonyl (C=O) groups excluding carboxylic acids is 1. The van der Waals surface area contributed by atoms with Crippen molar-refractivity contribution in [1.82, 2.24) is 35.1 Å². The number of amides is 1. The summed E-state index contributed by atoms with van der Waals surface area (Å²) in [6.07, 6.45) is 1.42. The van der Waals surface area contributed by atoms with Gasteiger partial charge in [0, 0.05) is 0 Å². The van der Waals surface area contributed by atoms with Crippen molar-refractivity contribution in [2.45, 2.75) is 0 Å². The molecule has 0 unspecified atom stereocenters. The van der Waals surface area contributed by atoms with E-state index in [-0.39, 0.29) is 22.9 Å². The van der Waals surface area contributed by atoms with Gasteiger partial charge in [0.2, 0.25) is 17.7 Å². The first-order valence-corrected chi connectivity index (χ1v) is 5.37. The first-order chi connectivity index (χ1) is 9.13. The number of nitrogens with two attached hydrogens (primary N) is 1. The molecule has 0 fully saturated rings. The van der Waals surface area contributed by atoms with Gasteiger partial charge in [0.15, 0.2) is 10.8 Å². The standard InChI is InChI=1S/C8H6ClN9O/c9-3-2-4(12-1-11-2)15-8(13-3)16-6(19)5-14-7(10)18-17-5/h1H,(H3,10,14,17,18)(H2,11,12,13,15,16,19). The Morgan fingerprint density at radius 2 is 2.21 bits per heavy atom. The summed E-state index contributed by atoms with van der Waals surface area (Å²) in [5.74, 6) is -0.675. The summed E-state index contributed by atoms with van der Waals surface area (Å²) in [7, 11) is 0. The molecule has 0 spiro atoms. The summed E-state index contributed by atoms with van der Waals surface area (Å²) in [6.45, 7) is 0. The van der Waals surface area contributed by atoms with Crippen LogP contribution in [0.1, 0.15) is 10.6 Å². The van der Waals surface area contributed by atoms with Gasteiger partial charge in [0.05, 0.1) is 6.33 Å². The van der Waals surface area contributed by atoms with Gasteiger partial charge in [-0.3, -0.25) is 15.2 Å². The summed E-state index contributed by atoms with van der Waals surface area (Å²) in [5, 5.41) is 8.45. The van der Waals surface area contributed by atoms with E-state index in [2.05, 4.69) is 40.4 Å². The number of anilines is 2. The summed E-state index contributed by atoms with van der Waals surface area (Å²) < 4.78 is 0. The lowest BCUT2D eigenvalue weighted by molar-refractivity contribution is 0.101. The number of aromatic amines is 2. The smallest absolute Gasteiger partial charge is 0.295 e. The van der Waals surface area contributed by atoms with Gasteiger partial charge in [-0.15, -0.1) is 5.10 Å². The third-order valence-electron chi connectivity index (χ3n) is 2.18. The number of aromatic nitrogens is 7. The van der Waals surface area contributed by atoms with Crippen LogP contribution in [0.4, 0.5) is 11.9 Å². The maximum absolute atomic E-state index is 11.8. The molecule has 0 aromatic carbocycles. The van der Waals surface area contributed by atoms with Gasteiger partial charge in [-0.1, -0.05) is 11.6 Å². The third kappa shape index (κ3) is 2.04. The van der Waals surface area contributed by atoms with E-state index in [1.165, 1.54) is 6.33 Å². The molecule has 0 aliphatic carbocycles. The van der Waals surface area contributed by atoms with Crippen molar-refractivity contribution >= 4 is 40.6 Å². The molecule has 0 aliphatic rings. The molecule has 11 heteroatoms. The molecule has 0 saturated heterocycles. The molecular weight excluding hydrogens is 274 g/mol. The van der Waals surface area contributed by atoms with Crippen LogP contribution < -0.4 is 11.1 Å². The number of hydrogen-bond acceptors (Lipinski definition) is 7. The molecule has 3 aromatic rings. The number of fused-ring (bicyclic) bond motifs is 1. The molecule has 19 heavy (non-hydrogen) atoms. The Balaban J connectivity index is 1.90. The van der Waals surface area contributed by atoms with E-state index >= 15 is 0 Å². The Labute approximate surface area is 109 Å². The Bertz CT molecular complexity index is 763. The highest BCUT2D eigenvalue weighted by Crippen LogP contribution is 2.18. The molecule has 0 atom stereocenters. The van der Waals surface area contributed by atoms with Crippen molar-refractivity contribution in [2.24, 2.45) is 0 Å². The fourth-order valence-corrected chi connectivity index (χ4v) is 1.61. The molecule has 0 aliphatic heterocycles. The summed E-state index contributed by atoms with van der Waals surface area (Å²) in [4.78, 5) is 30.0. The van der Waals surface area contributed by atoms with Gasteiger partial charge in [0.1, 0.15) is 5.52 Å². The van der Waals surface area contributed by atoms with Gasteiger partial charge < -0.3 is 10.7 Å². The number of nitrogen functional groups attached to an aromatic ring is 1. The molecule has 3 heterocycles. The number of imidazole rings is 1. The number of carbonyl (C=O) groups is 1. The van der Waals surface area contributed by atoms with Crippen LogP contribution in [0.5, 0.6) is 0 Å². The van der Waals surface area contributed by atoms with Gasteiger partial charge in [-0.2, -0.15) is 15.0 Å². The van der Waals surface area contributed by atoms with E-state index in [1.807, 2.05) is 0 Å². The van der Waals surface area contributed by atoms with Crippen molar-refractivity contribution in [3.63, 3.8) is 0 Å². The normalized spacial score (nSPS) is 10.8. The van der Waals surface area contributed by atoms with E-state index in [4.69, 9.17) is 17.3 Å². The Morgan fingerprint density at radius 3 is 2.95 bits per heavy atom. The Morgan fingerprint density at radius 1 is 1.37 bits per heavy atom. The zero-order valence-corrected chi connectivity index (χ0v) is 9.93. The van der Waals surface area contributed by atoms with Gasteiger partial charge >= 0.3 is 0 Å². The van der Waals surface area contributed by atoms with Crippen LogP contribution in [-0.4, -0.2) is 41.0 Å². The summed E-state index contributed by atoms with van der Waals surface area (Å²) in [6, 6.07) is 0. The van der Waals surface area contributed by atoms with Crippen LogP contribution in [0.3, 0.4) is 0 Å². The van der Waals surface area contributed by atoms with Crippen LogP contribution in [0, 0.1) is 0 Å². The van der Waals surface area contributed by atoms with Crippen LogP contribution in [0.25, 0.3) is 11.2 Å². The average Bonchev–Trinajstić information content (AvgIpc) is 2.97. The van der Waals surface area contributed by atoms with Crippen LogP contribution >= 0.6 is 11.6 Å². The zero-order valence-electron chi connectivity index (χ0n) is 9.18. The second-order valence-corrected chi connectivity index (χ2v) is 3.79. The molecule has 0 radical (unpaired) electrons. The van der Waals surface area contributed by atoms with Crippen molar-refractivity contribution in [3.05, 3.63) is 17.3 Å². The quantitative estimate of drug-likeness (QED) is 0.480. The highest BCUT2D eigenvalue weighted by atomic mass is 35.5. The molecule has 0 bridgehead atoms. The zero-order chi connectivity index (χ0) is 13.4. The highest BCUT2D eigenvalue weighted by Gasteiger charge is 2.14. The van der Waals surface area contributed by atoms with Crippen LogP contribution in [0.2, 0.25) is 5.15 Å². The van der Waals surface area contributed by atoms with Crippen LogP contribution in [-0.2, 0) is 0 Å². The minimum Gasteiger partial charge on any atom is -0.366 e. The number of halogens is 1. The molecule has 3 aromatic heterocycles. The summed E-state index contributed by atoms with van der Waals surface area (Å²) >= 11 is 5.91. The minimum atomic E-state index is -0.588.